The van der Waals surface area contributed by atoms with E-state index in [1.165, 1.54) is 22.6 Å². The molecule has 0 atom stereocenters. The minimum Gasteiger partial charge on any atom is -0.369 e. The van der Waals surface area contributed by atoms with Gasteiger partial charge < -0.3 is 16.0 Å². The Labute approximate surface area is 151 Å². The quantitative estimate of drug-likeness (QED) is 0.856. The van der Waals surface area contributed by atoms with Gasteiger partial charge in [0.25, 0.3) is 5.91 Å². The normalized spacial score (nSPS) is 15.2. The minimum absolute atomic E-state index is 0.116. The standard InChI is InChI=1S/C18H22N4O2S/c1-13-4-2-3-5-15(13)22-9-7-21(8-10-22)12-16(23)20-18-14(17(19)24)6-11-25-18/h2-6,11H,7-10,12H2,1H3,(H2,19,24)(H,20,23). The van der Waals surface area contributed by atoms with Crippen molar-refractivity contribution in [3.8, 4) is 0 Å². The molecule has 1 aromatic carbocycles. The number of benzene rings is 1. The first-order valence-corrected chi connectivity index (χ1v) is 9.12. The van der Waals surface area contributed by atoms with E-state index in [1.807, 2.05) is 6.07 Å². The lowest BCUT2D eigenvalue weighted by molar-refractivity contribution is -0.117. The molecule has 3 N–H and O–H groups in total. The Morgan fingerprint density at radius 2 is 1.88 bits per heavy atom. The summed E-state index contributed by atoms with van der Waals surface area (Å²) in [7, 11) is 0. The number of nitrogens with one attached hydrogen (secondary N) is 1. The fourth-order valence-corrected chi connectivity index (χ4v) is 3.84. The maximum atomic E-state index is 12.2. The van der Waals surface area contributed by atoms with E-state index in [9.17, 15) is 9.59 Å². The average molecular weight is 358 g/mol. The van der Waals surface area contributed by atoms with Crippen LogP contribution < -0.4 is 16.0 Å². The number of carbonyl (C=O) groups excluding carboxylic acids is 2. The van der Waals surface area contributed by atoms with Crippen LogP contribution in [0.3, 0.4) is 0 Å². The number of para-hydroxylation sites is 1. The maximum Gasteiger partial charge on any atom is 0.251 e. The number of aryl methyl sites for hydroxylation is 1. The van der Waals surface area contributed by atoms with Gasteiger partial charge in [-0.3, -0.25) is 14.5 Å². The van der Waals surface area contributed by atoms with Crippen LogP contribution in [0.1, 0.15) is 15.9 Å². The summed E-state index contributed by atoms with van der Waals surface area (Å²) in [5.41, 5.74) is 8.20. The third-order valence-electron chi connectivity index (χ3n) is 4.38. The minimum atomic E-state index is -0.525. The largest absolute Gasteiger partial charge is 0.369 e. The predicted molar refractivity (Wildman–Crippen MR) is 101 cm³/mol. The Morgan fingerprint density at radius 1 is 1.16 bits per heavy atom. The molecule has 2 amide bonds. The fourth-order valence-electron chi connectivity index (χ4n) is 3.03. The van der Waals surface area contributed by atoms with Gasteiger partial charge in [0.15, 0.2) is 0 Å². The van der Waals surface area contributed by atoms with Gasteiger partial charge in [0.2, 0.25) is 5.91 Å². The molecule has 132 valence electrons. The molecule has 0 unspecified atom stereocenters. The average Bonchev–Trinajstić information content (AvgIpc) is 3.04. The molecule has 1 aliphatic rings. The summed E-state index contributed by atoms with van der Waals surface area (Å²) >= 11 is 1.31. The molecule has 2 heterocycles. The molecule has 0 radical (unpaired) electrons. The molecule has 3 rings (SSSR count). The van der Waals surface area contributed by atoms with Crippen LogP contribution in [0.25, 0.3) is 0 Å². The fraction of sp³-hybridized carbons (Fsp3) is 0.333. The lowest BCUT2D eigenvalue weighted by Crippen LogP contribution is -2.48. The number of hydrogen-bond donors (Lipinski definition) is 2. The van der Waals surface area contributed by atoms with Gasteiger partial charge in [0, 0.05) is 31.9 Å². The first kappa shape index (κ1) is 17.4. The van der Waals surface area contributed by atoms with Crippen molar-refractivity contribution in [2.45, 2.75) is 6.92 Å². The van der Waals surface area contributed by atoms with Gasteiger partial charge in [-0.05, 0) is 30.0 Å². The van der Waals surface area contributed by atoms with Crippen molar-refractivity contribution in [3.05, 3.63) is 46.8 Å². The third-order valence-corrected chi connectivity index (χ3v) is 5.21. The summed E-state index contributed by atoms with van der Waals surface area (Å²) in [5, 5.41) is 5.07. The van der Waals surface area contributed by atoms with E-state index in [4.69, 9.17) is 5.73 Å². The van der Waals surface area contributed by atoms with Crippen LogP contribution >= 0.6 is 11.3 Å². The van der Waals surface area contributed by atoms with Crippen molar-refractivity contribution >= 4 is 33.8 Å². The Hall–Kier alpha value is -2.38. The number of nitrogens with zero attached hydrogens (tertiary/aromatic N) is 2. The van der Waals surface area contributed by atoms with Gasteiger partial charge in [0.05, 0.1) is 12.1 Å². The summed E-state index contributed by atoms with van der Waals surface area (Å²) in [4.78, 5) is 28.0. The number of thiophene rings is 1. The molecule has 1 saturated heterocycles. The Morgan fingerprint density at radius 3 is 2.56 bits per heavy atom. The third kappa shape index (κ3) is 4.18. The van der Waals surface area contributed by atoms with Crippen LogP contribution in [-0.4, -0.2) is 49.4 Å². The number of rotatable bonds is 5. The van der Waals surface area contributed by atoms with E-state index >= 15 is 0 Å². The second kappa shape index (κ2) is 7.67. The Bertz CT molecular complexity index is 766. The smallest absolute Gasteiger partial charge is 0.251 e. The topological polar surface area (TPSA) is 78.7 Å². The number of anilines is 2. The van der Waals surface area contributed by atoms with Crippen LogP contribution in [0.4, 0.5) is 10.7 Å². The molecule has 1 aromatic heterocycles. The number of carbonyl (C=O) groups is 2. The molecule has 2 aromatic rings. The van der Waals surface area contributed by atoms with Crippen molar-refractivity contribution in [2.24, 2.45) is 5.73 Å². The van der Waals surface area contributed by atoms with Crippen LogP contribution in [0.5, 0.6) is 0 Å². The van der Waals surface area contributed by atoms with Gasteiger partial charge in [-0.1, -0.05) is 18.2 Å². The summed E-state index contributed by atoms with van der Waals surface area (Å²) in [5.74, 6) is -0.641. The number of piperazine rings is 1. The molecule has 1 aliphatic heterocycles. The summed E-state index contributed by atoms with van der Waals surface area (Å²) < 4.78 is 0. The van der Waals surface area contributed by atoms with Crippen LogP contribution in [0.15, 0.2) is 35.7 Å². The zero-order chi connectivity index (χ0) is 17.8. The summed E-state index contributed by atoms with van der Waals surface area (Å²) in [6, 6.07) is 9.99. The lowest BCUT2D eigenvalue weighted by atomic mass is 10.1. The van der Waals surface area contributed by atoms with Crippen molar-refractivity contribution in [3.63, 3.8) is 0 Å². The molecular formula is C18H22N4O2S. The molecule has 0 spiro atoms. The number of primary amides is 1. The zero-order valence-corrected chi connectivity index (χ0v) is 15.0. The van der Waals surface area contributed by atoms with Crippen molar-refractivity contribution in [2.75, 3.05) is 42.9 Å². The Kier molecular flexibility index (Phi) is 5.35. The van der Waals surface area contributed by atoms with Crippen LogP contribution in [0.2, 0.25) is 0 Å². The molecule has 0 bridgehead atoms. The Balaban J connectivity index is 1.52. The van der Waals surface area contributed by atoms with E-state index < -0.39 is 5.91 Å². The molecule has 25 heavy (non-hydrogen) atoms. The van der Waals surface area contributed by atoms with Gasteiger partial charge in [0.1, 0.15) is 5.00 Å². The van der Waals surface area contributed by atoms with E-state index in [0.29, 0.717) is 17.1 Å². The van der Waals surface area contributed by atoms with Gasteiger partial charge >= 0.3 is 0 Å². The predicted octanol–water partition coefficient (Wildman–Crippen LogP) is 1.92. The molecule has 7 heteroatoms. The second-order valence-corrected chi connectivity index (χ2v) is 7.04. The SMILES string of the molecule is Cc1ccccc1N1CCN(CC(=O)Nc2sccc2C(N)=O)CC1. The van der Waals surface area contributed by atoms with Crippen LogP contribution in [-0.2, 0) is 4.79 Å². The second-order valence-electron chi connectivity index (χ2n) is 6.13. The van der Waals surface area contributed by atoms with Gasteiger partial charge in [-0.15, -0.1) is 11.3 Å². The van der Waals surface area contributed by atoms with E-state index in [2.05, 4.69) is 40.2 Å². The number of nitrogens with two attached hydrogens (primary N) is 1. The molecule has 0 saturated carbocycles. The van der Waals surface area contributed by atoms with E-state index in [0.717, 1.165) is 26.2 Å². The van der Waals surface area contributed by atoms with Crippen molar-refractivity contribution < 1.29 is 9.59 Å². The van der Waals surface area contributed by atoms with Crippen molar-refractivity contribution in [1.29, 1.82) is 0 Å². The van der Waals surface area contributed by atoms with Crippen molar-refractivity contribution in [1.82, 2.24) is 4.90 Å². The summed E-state index contributed by atoms with van der Waals surface area (Å²) in [6.07, 6.45) is 0. The molecular weight excluding hydrogens is 336 g/mol. The van der Waals surface area contributed by atoms with Crippen LogP contribution in [0, 0.1) is 6.92 Å². The van der Waals surface area contributed by atoms with Gasteiger partial charge in [-0.2, -0.15) is 0 Å². The number of amides is 2. The maximum absolute atomic E-state index is 12.2. The lowest BCUT2D eigenvalue weighted by Gasteiger charge is -2.36. The van der Waals surface area contributed by atoms with Gasteiger partial charge in [-0.25, -0.2) is 0 Å². The zero-order valence-electron chi connectivity index (χ0n) is 14.2. The summed E-state index contributed by atoms with van der Waals surface area (Å²) in [6.45, 7) is 5.88. The highest BCUT2D eigenvalue weighted by Gasteiger charge is 2.21. The monoisotopic (exact) mass is 358 g/mol. The number of hydrogen-bond acceptors (Lipinski definition) is 5. The highest BCUT2D eigenvalue weighted by molar-refractivity contribution is 7.14. The highest BCUT2D eigenvalue weighted by Crippen LogP contribution is 2.23. The molecule has 6 nitrogen and oxygen atoms in total. The first-order valence-electron chi connectivity index (χ1n) is 8.24. The molecule has 0 aliphatic carbocycles. The first-order chi connectivity index (χ1) is 12.0. The van der Waals surface area contributed by atoms with E-state index in [-0.39, 0.29) is 5.91 Å². The molecule has 1 fully saturated rings. The highest BCUT2D eigenvalue weighted by atomic mass is 32.1. The van der Waals surface area contributed by atoms with E-state index in [1.54, 1.807) is 11.4 Å².